The highest BCUT2D eigenvalue weighted by molar-refractivity contribution is 5.65. The van der Waals surface area contributed by atoms with Gasteiger partial charge < -0.3 is 4.42 Å². The number of aromatic nitrogens is 1. The van der Waals surface area contributed by atoms with E-state index in [9.17, 15) is 5.26 Å². The van der Waals surface area contributed by atoms with Gasteiger partial charge in [0.1, 0.15) is 11.6 Å². The van der Waals surface area contributed by atoms with Crippen molar-refractivity contribution in [3.05, 3.63) is 35.1 Å². The molecule has 0 aromatic carbocycles. The Morgan fingerprint density at radius 1 is 1.12 bits per heavy atom. The number of hydrogen-bond donors (Lipinski definition) is 0. The van der Waals surface area contributed by atoms with E-state index in [4.69, 9.17) is 4.42 Å². The van der Waals surface area contributed by atoms with Crippen LogP contribution < -0.4 is 9.88 Å². The van der Waals surface area contributed by atoms with Crippen molar-refractivity contribution in [2.24, 2.45) is 0 Å². The molecular weight excluding hydrogens is 322 g/mol. The van der Waals surface area contributed by atoms with Crippen molar-refractivity contribution in [2.45, 2.75) is 65.2 Å². The molecule has 1 aliphatic carbocycles. The van der Waals surface area contributed by atoms with Crippen molar-refractivity contribution in [3.63, 3.8) is 0 Å². The number of nitrogens with one attached hydrogen (secondary N) is 1. The SMILES string of the molecule is CCCCN(CCCC)c1[nH+]c(-c2ccco2)c2c(c1C#N)CCCC2. The molecule has 1 N–H and O–H groups in total. The standard InChI is InChI=1S/C22H29N3O/c1-3-5-13-25(14-6-4-2)22-19(16-23)17-10-7-8-11-18(17)21(24-22)20-12-9-15-26-20/h9,12,15H,3-8,10-11,13-14H2,1-2H3/p+1. The first-order chi connectivity index (χ1) is 12.8. The van der Waals surface area contributed by atoms with Gasteiger partial charge in [-0.1, -0.05) is 26.7 Å². The highest BCUT2D eigenvalue weighted by Crippen LogP contribution is 2.34. The summed E-state index contributed by atoms with van der Waals surface area (Å²) < 4.78 is 5.72. The van der Waals surface area contributed by atoms with Crippen LogP contribution >= 0.6 is 0 Å². The second-order valence-electron chi connectivity index (χ2n) is 7.17. The Balaban J connectivity index is 2.13. The molecule has 138 valence electrons. The summed E-state index contributed by atoms with van der Waals surface area (Å²) in [7, 11) is 0. The quantitative estimate of drug-likeness (QED) is 0.678. The summed E-state index contributed by atoms with van der Waals surface area (Å²) in [5.41, 5.74) is 4.42. The molecule has 1 aliphatic rings. The molecule has 0 radical (unpaired) electrons. The van der Waals surface area contributed by atoms with Crippen LogP contribution in [0.4, 0.5) is 5.82 Å². The number of nitrogens with zero attached hydrogens (tertiary/aromatic N) is 2. The Morgan fingerprint density at radius 2 is 1.81 bits per heavy atom. The average molecular weight is 353 g/mol. The summed E-state index contributed by atoms with van der Waals surface area (Å²) in [6.45, 7) is 6.40. The highest BCUT2D eigenvalue weighted by atomic mass is 16.3. The van der Waals surface area contributed by atoms with Crippen LogP contribution in [0, 0.1) is 11.3 Å². The van der Waals surface area contributed by atoms with Crippen LogP contribution in [0.5, 0.6) is 0 Å². The number of unbranched alkanes of at least 4 members (excludes halogenated alkanes) is 2. The third-order valence-corrected chi connectivity index (χ3v) is 5.31. The molecule has 0 unspecified atom stereocenters. The molecule has 26 heavy (non-hydrogen) atoms. The zero-order valence-electron chi connectivity index (χ0n) is 16.1. The molecule has 4 heteroatoms. The lowest BCUT2D eigenvalue weighted by Crippen LogP contribution is -2.34. The minimum atomic E-state index is 0.849. The first-order valence-electron chi connectivity index (χ1n) is 10.1. The van der Waals surface area contributed by atoms with Crippen LogP contribution in [-0.4, -0.2) is 13.1 Å². The minimum absolute atomic E-state index is 0.849. The number of anilines is 1. The van der Waals surface area contributed by atoms with E-state index in [0.29, 0.717) is 0 Å². The lowest BCUT2D eigenvalue weighted by molar-refractivity contribution is -0.353. The van der Waals surface area contributed by atoms with E-state index in [-0.39, 0.29) is 0 Å². The maximum atomic E-state index is 9.98. The van der Waals surface area contributed by atoms with E-state index in [1.165, 1.54) is 17.5 Å². The molecule has 3 rings (SSSR count). The van der Waals surface area contributed by atoms with E-state index in [2.05, 4.69) is 29.8 Å². The van der Waals surface area contributed by atoms with Crippen molar-refractivity contribution in [1.82, 2.24) is 0 Å². The van der Waals surface area contributed by atoms with Gasteiger partial charge in [0, 0.05) is 5.56 Å². The number of hydrogen-bond acceptors (Lipinski definition) is 3. The number of H-pyrrole nitrogens is 1. The number of rotatable bonds is 8. The molecule has 0 saturated carbocycles. The Labute approximate surface area is 156 Å². The Bertz CT molecular complexity index is 751. The molecule has 0 amide bonds. The number of pyridine rings is 1. The van der Waals surface area contributed by atoms with Gasteiger partial charge in [0.25, 0.3) is 5.82 Å². The number of aromatic amines is 1. The molecule has 0 atom stereocenters. The third kappa shape index (κ3) is 3.77. The van der Waals surface area contributed by atoms with E-state index >= 15 is 0 Å². The lowest BCUT2D eigenvalue weighted by Gasteiger charge is -2.23. The zero-order valence-corrected chi connectivity index (χ0v) is 16.1. The van der Waals surface area contributed by atoms with Crippen LogP contribution in [0.25, 0.3) is 11.5 Å². The van der Waals surface area contributed by atoms with Crippen LogP contribution in [-0.2, 0) is 12.8 Å². The summed E-state index contributed by atoms with van der Waals surface area (Å²) in [4.78, 5) is 6.00. The number of fused-ring (bicyclic) bond motifs is 1. The van der Waals surface area contributed by atoms with Gasteiger partial charge in [0.15, 0.2) is 11.5 Å². The average Bonchev–Trinajstić information content (AvgIpc) is 3.21. The van der Waals surface area contributed by atoms with Gasteiger partial charge >= 0.3 is 0 Å². The Morgan fingerprint density at radius 3 is 2.38 bits per heavy atom. The fourth-order valence-electron chi connectivity index (χ4n) is 3.88. The summed E-state index contributed by atoms with van der Waals surface area (Å²) >= 11 is 0. The highest BCUT2D eigenvalue weighted by Gasteiger charge is 2.30. The minimum Gasteiger partial charge on any atom is -0.461 e. The van der Waals surface area contributed by atoms with Crippen molar-refractivity contribution in [2.75, 3.05) is 18.0 Å². The second kappa shape index (κ2) is 8.89. The van der Waals surface area contributed by atoms with E-state index in [0.717, 1.165) is 80.9 Å². The molecule has 0 spiro atoms. The molecule has 4 nitrogen and oxygen atoms in total. The number of furan rings is 1. The summed E-state index contributed by atoms with van der Waals surface area (Å²) in [6.07, 6.45) is 10.6. The molecule has 0 saturated heterocycles. The van der Waals surface area contributed by atoms with Gasteiger partial charge in [-0.2, -0.15) is 5.26 Å². The fourth-order valence-corrected chi connectivity index (χ4v) is 3.88. The van der Waals surface area contributed by atoms with Gasteiger partial charge in [-0.25, -0.2) is 4.98 Å². The third-order valence-electron chi connectivity index (χ3n) is 5.31. The maximum absolute atomic E-state index is 9.98. The molecular formula is C22H30N3O+. The lowest BCUT2D eigenvalue weighted by atomic mass is 9.87. The van der Waals surface area contributed by atoms with Crippen LogP contribution in [0.15, 0.2) is 22.8 Å². The molecule has 0 bridgehead atoms. The predicted octanol–water partition coefficient (Wildman–Crippen LogP) is 4.92. The van der Waals surface area contributed by atoms with Gasteiger partial charge in [0.2, 0.25) is 0 Å². The van der Waals surface area contributed by atoms with Gasteiger partial charge in [0.05, 0.1) is 19.4 Å². The second-order valence-corrected chi connectivity index (χ2v) is 7.17. The summed E-state index contributed by atoms with van der Waals surface area (Å²) in [5, 5.41) is 9.98. The molecule has 0 aliphatic heterocycles. The van der Waals surface area contributed by atoms with Gasteiger partial charge in [-0.05, 0) is 56.2 Å². The van der Waals surface area contributed by atoms with E-state index in [1.54, 1.807) is 6.26 Å². The molecule has 2 aromatic rings. The smallest absolute Gasteiger partial charge is 0.293 e. The van der Waals surface area contributed by atoms with E-state index < -0.39 is 0 Å². The van der Waals surface area contributed by atoms with Gasteiger partial charge in [-0.3, -0.25) is 4.90 Å². The van der Waals surface area contributed by atoms with Crippen molar-refractivity contribution < 1.29 is 9.40 Å². The first-order valence-corrected chi connectivity index (χ1v) is 10.1. The first kappa shape index (κ1) is 18.5. The summed E-state index contributed by atoms with van der Waals surface area (Å²) in [6, 6.07) is 6.47. The molecule has 2 heterocycles. The normalized spacial score (nSPS) is 13.3. The Hall–Kier alpha value is -2.28. The van der Waals surface area contributed by atoms with E-state index in [1.807, 2.05) is 12.1 Å². The van der Waals surface area contributed by atoms with Crippen molar-refractivity contribution >= 4 is 5.82 Å². The van der Waals surface area contributed by atoms with Crippen LogP contribution in [0.3, 0.4) is 0 Å². The van der Waals surface area contributed by atoms with Crippen LogP contribution in [0.2, 0.25) is 0 Å². The fraction of sp³-hybridized carbons (Fsp3) is 0.545. The van der Waals surface area contributed by atoms with Gasteiger partial charge in [-0.15, -0.1) is 0 Å². The Kier molecular flexibility index (Phi) is 6.33. The van der Waals surface area contributed by atoms with Crippen molar-refractivity contribution in [1.29, 1.82) is 5.26 Å². The largest absolute Gasteiger partial charge is 0.461 e. The topological polar surface area (TPSA) is 54.3 Å². The predicted molar refractivity (Wildman–Crippen MR) is 104 cm³/mol. The molecule has 2 aromatic heterocycles. The zero-order chi connectivity index (χ0) is 18.4. The summed E-state index contributed by atoms with van der Waals surface area (Å²) in [5.74, 6) is 1.86. The van der Waals surface area contributed by atoms with Crippen LogP contribution in [0.1, 0.15) is 69.1 Å². The molecule has 0 fully saturated rings. The number of nitriles is 1. The monoisotopic (exact) mass is 352 g/mol. The maximum Gasteiger partial charge on any atom is 0.293 e. The van der Waals surface area contributed by atoms with Crippen molar-refractivity contribution in [3.8, 4) is 17.5 Å².